The van der Waals surface area contributed by atoms with Crippen LogP contribution in [0.3, 0.4) is 0 Å². The molecular weight excluding hydrogens is 356 g/mol. The summed E-state index contributed by atoms with van der Waals surface area (Å²) in [4.78, 5) is 15.0. The number of piperidine rings is 1. The van der Waals surface area contributed by atoms with Gasteiger partial charge in [0.2, 0.25) is 0 Å². The molecule has 0 aliphatic carbocycles. The molecule has 1 aliphatic rings. The van der Waals surface area contributed by atoms with Crippen LogP contribution in [-0.2, 0) is 4.74 Å². The second-order valence-corrected chi connectivity index (χ2v) is 6.73. The van der Waals surface area contributed by atoms with E-state index in [2.05, 4.69) is 10.5 Å². The molecule has 1 aliphatic heterocycles. The molecule has 7 nitrogen and oxygen atoms in total. The lowest BCUT2D eigenvalue weighted by molar-refractivity contribution is 0.0716. The number of hydrogen-bond donors (Lipinski definition) is 2. The van der Waals surface area contributed by atoms with Crippen molar-refractivity contribution in [2.24, 2.45) is 5.73 Å². The zero-order valence-corrected chi connectivity index (χ0v) is 15.5. The average molecular weight is 379 g/mol. The van der Waals surface area contributed by atoms with E-state index in [1.54, 1.807) is 24.1 Å². The standard InChI is InChI=1S/C18H23ClN4O3/c1-25-11-8-21-17-15(18(24)23-9-6-14(20)7-10-23)16(26-22-17)12-2-4-13(19)5-3-12/h2-5,14H,6-11,20H2,1H3,(H,21,22). The number of amides is 1. The van der Waals surface area contributed by atoms with Crippen LogP contribution in [0.2, 0.25) is 5.02 Å². The number of ether oxygens (including phenoxy) is 1. The second-order valence-electron chi connectivity index (χ2n) is 6.29. The summed E-state index contributed by atoms with van der Waals surface area (Å²) in [6.07, 6.45) is 1.58. The molecule has 0 spiro atoms. The van der Waals surface area contributed by atoms with Gasteiger partial charge >= 0.3 is 0 Å². The lowest BCUT2D eigenvalue weighted by Crippen LogP contribution is -2.43. The Morgan fingerprint density at radius 2 is 2.08 bits per heavy atom. The van der Waals surface area contributed by atoms with Crippen molar-refractivity contribution in [1.82, 2.24) is 10.1 Å². The van der Waals surface area contributed by atoms with Crippen LogP contribution in [-0.4, -0.2) is 55.4 Å². The molecule has 0 unspecified atom stereocenters. The van der Waals surface area contributed by atoms with Crippen LogP contribution in [0.4, 0.5) is 5.82 Å². The van der Waals surface area contributed by atoms with Crippen molar-refractivity contribution in [3.05, 3.63) is 34.9 Å². The molecule has 8 heteroatoms. The van der Waals surface area contributed by atoms with Crippen LogP contribution in [0.15, 0.2) is 28.8 Å². The van der Waals surface area contributed by atoms with Crippen LogP contribution in [0.25, 0.3) is 11.3 Å². The zero-order chi connectivity index (χ0) is 18.5. The number of aromatic nitrogens is 1. The fraction of sp³-hybridized carbons (Fsp3) is 0.444. The summed E-state index contributed by atoms with van der Waals surface area (Å²) < 4.78 is 10.6. The third kappa shape index (κ3) is 4.17. The number of likely N-dealkylation sites (tertiary alicyclic amines) is 1. The van der Waals surface area contributed by atoms with Gasteiger partial charge in [0, 0.05) is 43.4 Å². The van der Waals surface area contributed by atoms with Crippen molar-refractivity contribution >= 4 is 23.3 Å². The minimum atomic E-state index is -0.108. The van der Waals surface area contributed by atoms with Crippen LogP contribution in [0, 0.1) is 0 Å². The molecule has 26 heavy (non-hydrogen) atoms. The third-order valence-corrected chi connectivity index (χ3v) is 4.69. The first-order valence-electron chi connectivity index (χ1n) is 8.63. The van der Waals surface area contributed by atoms with Gasteiger partial charge in [-0.1, -0.05) is 16.8 Å². The molecule has 2 heterocycles. The van der Waals surface area contributed by atoms with E-state index in [-0.39, 0.29) is 11.9 Å². The maximum Gasteiger partial charge on any atom is 0.261 e. The molecule has 0 radical (unpaired) electrons. The van der Waals surface area contributed by atoms with Crippen LogP contribution >= 0.6 is 11.6 Å². The van der Waals surface area contributed by atoms with Crippen LogP contribution in [0.1, 0.15) is 23.2 Å². The van der Waals surface area contributed by atoms with E-state index in [0.717, 1.165) is 18.4 Å². The Balaban J connectivity index is 1.91. The molecule has 1 fully saturated rings. The van der Waals surface area contributed by atoms with Gasteiger partial charge in [-0.25, -0.2) is 0 Å². The average Bonchev–Trinajstić information content (AvgIpc) is 3.06. The lowest BCUT2D eigenvalue weighted by Gasteiger charge is -2.30. The Labute approximate surface area is 157 Å². The molecule has 3 N–H and O–H groups in total. The predicted molar refractivity (Wildman–Crippen MR) is 100 cm³/mol. The van der Waals surface area contributed by atoms with Crippen molar-refractivity contribution in [1.29, 1.82) is 0 Å². The summed E-state index contributed by atoms with van der Waals surface area (Å²) in [6.45, 7) is 2.27. The van der Waals surface area contributed by atoms with E-state index in [1.807, 2.05) is 12.1 Å². The molecular formula is C18H23ClN4O3. The number of nitrogens with zero attached hydrogens (tertiary/aromatic N) is 2. The maximum absolute atomic E-state index is 13.2. The van der Waals surface area contributed by atoms with E-state index in [9.17, 15) is 4.79 Å². The number of anilines is 1. The first-order chi connectivity index (χ1) is 12.6. The molecule has 0 saturated carbocycles. The fourth-order valence-electron chi connectivity index (χ4n) is 2.94. The van der Waals surface area contributed by atoms with E-state index < -0.39 is 0 Å². The normalized spacial score (nSPS) is 15.3. The number of nitrogens with one attached hydrogen (secondary N) is 1. The van der Waals surface area contributed by atoms with Gasteiger partial charge in [0.25, 0.3) is 5.91 Å². The number of carbonyl (C=O) groups excluding carboxylic acids is 1. The maximum atomic E-state index is 13.2. The largest absolute Gasteiger partial charge is 0.383 e. The summed E-state index contributed by atoms with van der Waals surface area (Å²) >= 11 is 5.97. The number of halogens is 1. The summed E-state index contributed by atoms with van der Waals surface area (Å²) in [5.41, 5.74) is 7.13. The minimum Gasteiger partial charge on any atom is -0.383 e. The van der Waals surface area contributed by atoms with Gasteiger partial charge < -0.3 is 25.2 Å². The molecule has 1 aromatic heterocycles. The third-order valence-electron chi connectivity index (χ3n) is 4.44. The Morgan fingerprint density at radius 1 is 1.38 bits per heavy atom. The SMILES string of the molecule is COCCNc1noc(-c2ccc(Cl)cc2)c1C(=O)N1CCC(N)CC1. The first-order valence-corrected chi connectivity index (χ1v) is 9.01. The van der Waals surface area contributed by atoms with E-state index in [0.29, 0.717) is 48.4 Å². The highest BCUT2D eigenvalue weighted by atomic mass is 35.5. The molecule has 0 bridgehead atoms. The van der Waals surface area contributed by atoms with E-state index in [1.165, 1.54) is 0 Å². The zero-order valence-electron chi connectivity index (χ0n) is 14.7. The van der Waals surface area contributed by atoms with E-state index >= 15 is 0 Å². The van der Waals surface area contributed by atoms with Crippen molar-refractivity contribution < 1.29 is 14.1 Å². The Bertz CT molecular complexity index is 739. The van der Waals surface area contributed by atoms with Gasteiger partial charge in [-0.3, -0.25) is 4.79 Å². The Kier molecular flexibility index (Phi) is 6.13. The van der Waals surface area contributed by atoms with Gasteiger partial charge in [0.1, 0.15) is 5.56 Å². The number of nitrogens with two attached hydrogens (primary N) is 1. The van der Waals surface area contributed by atoms with Gasteiger partial charge in [-0.2, -0.15) is 0 Å². The highest BCUT2D eigenvalue weighted by Gasteiger charge is 2.30. The first kappa shape index (κ1) is 18.7. The summed E-state index contributed by atoms with van der Waals surface area (Å²) in [6, 6.07) is 7.28. The highest BCUT2D eigenvalue weighted by Crippen LogP contribution is 2.31. The van der Waals surface area contributed by atoms with Gasteiger partial charge in [0.15, 0.2) is 11.6 Å². The highest BCUT2D eigenvalue weighted by molar-refractivity contribution is 6.30. The number of methoxy groups -OCH3 is 1. The second kappa shape index (κ2) is 8.53. The number of rotatable bonds is 6. The molecule has 140 valence electrons. The van der Waals surface area contributed by atoms with Crippen LogP contribution in [0.5, 0.6) is 0 Å². The van der Waals surface area contributed by atoms with E-state index in [4.69, 9.17) is 26.6 Å². The molecule has 1 amide bonds. The van der Waals surface area contributed by atoms with Crippen LogP contribution < -0.4 is 11.1 Å². The molecule has 2 aromatic rings. The number of hydrogen-bond acceptors (Lipinski definition) is 6. The monoisotopic (exact) mass is 378 g/mol. The summed E-state index contributed by atoms with van der Waals surface area (Å²) in [7, 11) is 1.62. The fourth-order valence-corrected chi connectivity index (χ4v) is 3.07. The topological polar surface area (TPSA) is 93.6 Å². The minimum absolute atomic E-state index is 0.108. The van der Waals surface area contributed by atoms with Crippen molar-refractivity contribution in [2.45, 2.75) is 18.9 Å². The Morgan fingerprint density at radius 3 is 2.73 bits per heavy atom. The van der Waals surface area contributed by atoms with Crippen molar-refractivity contribution in [3.8, 4) is 11.3 Å². The predicted octanol–water partition coefficient (Wildman–Crippen LogP) is 2.62. The number of carbonyl (C=O) groups is 1. The quantitative estimate of drug-likeness (QED) is 0.750. The number of benzene rings is 1. The van der Waals surface area contributed by atoms with Gasteiger partial charge in [-0.05, 0) is 37.1 Å². The molecule has 0 atom stereocenters. The molecule has 3 rings (SSSR count). The molecule has 1 saturated heterocycles. The van der Waals surface area contributed by atoms with Crippen molar-refractivity contribution in [3.63, 3.8) is 0 Å². The van der Waals surface area contributed by atoms with Gasteiger partial charge in [-0.15, -0.1) is 0 Å². The Hall–Kier alpha value is -2.09. The lowest BCUT2D eigenvalue weighted by atomic mass is 10.0. The molecule has 1 aromatic carbocycles. The summed E-state index contributed by atoms with van der Waals surface area (Å²) in [5, 5.41) is 7.80. The van der Waals surface area contributed by atoms with Gasteiger partial charge in [0.05, 0.1) is 6.61 Å². The smallest absolute Gasteiger partial charge is 0.261 e. The summed E-state index contributed by atoms with van der Waals surface area (Å²) in [5.74, 6) is 0.747. The van der Waals surface area contributed by atoms with Crippen molar-refractivity contribution in [2.75, 3.05) is 38.7 Å².